The van der Waals surface area contributed by atoms with Crippen molar-refractivity contribution in [2.24, 2.45) is 0 Å². The third-order valence-electron chi connectivity index (χ3n) is 6.43. The van der Waals surface area contributed by atoms with Gasteiger partial charge in [0.15, 0.2) is 0 Å². The number of methoxy groups -OCH3 is 1. The number of morpholine rings is 1. The summed E-state index contributed by atoms with van der Waals surface area (Å²) in [6, 6.07) is 13.9. The highest BCUT2D eigenvalue weighted by Gasteiger charge is 2.23. The number of nitrogens with zero attached hydrogens (tertiary/aromatic N) is 4. The predicted molar refractivity (Wildman–Crippen MR) is 142 cm³/mol. The van der Waals surface area contributed by atoms with Crippen LogP contribution in [0.4, 0.5) is 5.69 Å². The maximum Gasteiger partial charge on any atom is 0.339 e. The Bertz CT molecular complexity index is 1480. The van der Waals surface area contributed by atoms with E-state index in [1.54, 1.807) is 11.4 Å². The molecule has 1 saturated heterocycles. The molecule has 1 aliphatic heterocycles. The van der Waals surface area contributed by atoms with E-state index in [-0.39, 0.29) is 18.1 Å². The first-order valence-electron chi connectivity index (χ1n) is 12.1. The number of nitriles is 1. The van der Waals surface area contributed by atoms with Crippen molar-refractivity contribution in [1.82, 2.24) is 10.1 Å². The summed E-state index contributed by atoms with van der Waals surface area (Å²) in [5, 5.41) is 16.0. The molecule has 194 valence electrons. The zero-order valence-corrected chi connectivity index (χ0v) is 22.1. The molecule has 5 rings (SSSR count). The lowest BCUT2D eigenvalue weighted by molar-refractivity contribution is 0.0598. The molecule has 0 bridgehead atoms. The lowest BCUT2D eigenvalue weighted by Gasteiger charge is -2.28. The van der Waals surface area contributed by atoms with E-state index in [9.17, 15) is 10.1 Å². The molecule has 0 unspecified atom stereocenters. The van der Waals surface area contributed by atoms with E-state index in [1.807, 2.05) is 32.0 Å². The second-order valence-electron chi connectivity index (χ2n) is 8.73. The highest BCUT2D eigenvalue weighted by Crippen LogP contribution is 2.37. The largest absolute Gasteiger partial charge is 0.471 e. The molecule has 0 amide bonds. The highest BCUT2D eigenvalue weighted by atomic mass is 32.1. The Morgan fingerprint density at radius 1 is 1.18 bits per heavy atom. The van der Waals surface area contributed by atoms with Gasteiger partial charge in [0.25, 0.3) is 0 Å². The summed E-state index contributed by atoms with van der Waals surface area (Å²) in [6.45, 7) is 6.81. The molecule has 0 N–H and O–H groups in total. The second kappa shape index (κ2) is 11.0. The van der Waals surface area contributed by atoms with Crippen LogP contribution in [0.1, 0.15) is 32.3 Å². The molecule has 10 heteroatoms. The Morgan fingerprint density at radius 3 is 2.61 bits per heavy atom. The first kappa shape index (κ1) is 25.4. The van der Waals surface area contributed by atoms with Gasteiger partial charge in [0.05, 0.1) is 42.2 Å². The van der Waals surface area contributed by atoms with Crippen LogP contribution in [-0.4, -0.2) is 49.5 Å². The van der Waals surface area contributed by atoms with Crippen LogP contribution in [-0.2, 0) is 16.1 Å². The highest BCUT2D eigenvalue weighted by molar-refractivity contribution is 7.10. The van der Waals surface area contributed by atoms with Crippen molar-refractivity contribution in [3.8, 4) is 34.3 Å². The van der Waals surface area contributed by atoms with Crippen LogP contribution in [0, 0.1) is 25.2 Å². The number of rotatable bonds is 7. The molecule has 3 aromatic heterocycles. The van der Waals surface area contributed by atoms with Crippen LogP contribution >= 0.6 is 11.3 Å². The quantitative estimate of drug-likeness (QED) is 0.299. The van der Waals surface area contributed by atoms with E-state index in [0.717, 1.165) is 29.9 Å². The Hall–Kier alpha value is -4.20. The second-order valence-corrected chi connectivity index (χ2v) is 9.73. The molecule has 38 heavy (non-hydrogen) atoms. The van der Waals surface area contributed by atoms with E-state index in [2.05, 4.69) is 28.3 Å². The van der Waals surface area contributed by atoms with Crippen molar-refractivity contribution in [2.45, 2.75) is 20.5 Å². The monoisotopic (exact) mass is 530 g/mol. The van der Waals surface area contributed by atoms with Crippen molar-refractivity contribution in [3.05, 3.63) is 69.2 Å². The minimum Gasteiger partial charge on any atom is -0.471 e. The van der Waals surface area contributed by atoms with Gasteiger partial charge in [0, 0.05) is 35.5 Å². The third kappa shape index (κ3) is 4.98. The summed E-state index contributed by atoms with van der Waals surface area (Å²) >= 11 is 1.37. The molecular formula is C28H26N4O5S. The number of esters is 1. The molecule has 0 saturated carbocycles. The molecule has 9 nitrogen and oxygen atoms in total. The Kier molecular flexibility index (Phi) is 7.40. The smallest absolute Gasteiger partial charge is 0.339 e. The number of benzene rings is 1. The maximum atomic E-state index is 12.1. The number of aromatic nitrogens is 2. The van der Waals surface area contributed by atoms with Gasteiger partial charge in [0.1, 0.15) is 24.0 Å². The van der Waals surface area contributed by atoms with Gasteiger partial charge in [-0.1, -0.05) is 17.3 Å². The number of hydrogen-bond acceptors (Lipinski definition) is 10. The lowest BCUT2D eigenvalue weighted by Crippen LogP contribution is -2.36. The van der Waals surface area contributed by atoms with E-state index < -0.39 is 5.97 Å². The molecule has 1 aromatic carbocycles. The fourth-order valence-corrected chi connectivity index (χ4v) is 5.26. The first-order chi connectivity index (χ1) is 18.5. The van der Waals surface area contributed by atoms with Gasteiger partial charge >= 0.3 is 5.97 Å². The molecule has 4 aromatic rings. The zero-order chi connectivity index (χ0) is 26.6. The van der Waals surface area contributed by atoms with Gasteiger partial charge in [-0.2, -0.15) is 5.26 Å². The summed E-state index contributed by atoms with van der Waals surface area (Å²) in [5.74, 6) is 0.321. The summed E-state index contributed by atoms with van der Waals surface area (Å²) in [4.78, 5) is 19.8. The summed E-state index contributed by atoms with van der Waals surface area (Å²) in [7, 11) is 1.34. The first-order valence-corrected chi connectivity index (χ1v) is 13.0. The Morgan fingerprint density at radius 2 is 1.95 bits per heavy atom. The van der Waals surface area contributed by atoms with Crippen LogP contribution in [0.5, 0.6) is 5.88 Å². The zero-order valence-electron chi connectivity index (χ0n) is 21.3. The van der Waals surface area contributed by atoms with Gasteiger partial charge < -0.3 is 23.6 Å². The van der Waals surface area contributed by atoms with Crippen LogP contribution in [0.3, 0.4) is 0 Å². The van der Waals surface area contributed by atoms with Crippen LogP contribution < -0.4 is 9.64 Å². The van der Waals surface area contributed by atoms with Gasteiger partial charge in [-0.15, -0.1) is 11.3 Å². The number of hydrogen-bond donors (Lipinski definition) is 0. The molecule has 0 aliphatic carbocycles. The Labute approximate surface area is 224 Å². The molecule has 0 radical (unpaired) electrons. The number of thiophene rings is 1. The maximum absolute atomic E-state index is 12.1. The van der Waals surface area contributed by atoms with E-state index in [0.29, 0.717) is 46.4 Å². The fourth-order valence-electron chi connectivity index (χ4n) is 4.49. The average molecular weight is 531 g/mol. The summed E-state index contributed by atoms with van der Waals surface area (Å²) in [5.41, 5.74) is 5.34. The van der Waals surface area contributed by atoms with Crippen molar-refractivity contribution >= 4 is 23.0 Å². The van der Waals surface area contributed by atoms with Crippen LogP contribution in [0.2, 0.25) is 0 Å². The number of anilines is 1. The van der Waals surface area contributed by atoms with Gasteiger partial charge in [-0.25, -0.2) is 9.78 Å². The molecular weight excluding hydrogens is 504 g/mol. The number of carbonyl (C=O) groups is 1. The van der Waals surface area contributed by atoms with Crippen LogP contribution in [0.25, 0.3) is 22.4 Å². The topological polar surface area (TPSA) is 111 Å². The minimum absolute atomic E-state index is 0.0598. The van der Waals surface area contributed by atoms with Crippen molar-refractivity contribution in [2.75, 3.05) is 38.3 Å². The van der Waals surface area contributed by atoms with Gasteiger partial charge in [-0.3, -0.25) is 0 Å². The van der Waals surface area contributed by atoms with Crippen molar-refractivity contribution in [3.63, 3.8) is 0 Å². The Balaban J connectivity index is 1.55. The summed E-state index contributed by atoms with van der Waals surface area (Å²) < 4.78 is 21.8. The third-order valence-corrected chi connectivity index (χ3v) is 7.33. The molecule has 4 heterocycles. The van der Waals surface area contributed by atoms with Crippen molar-refractivity contribution in [1.29, 1.82) is 5.26 Å². The van der Waals surface area contributed by atoms with Gasteiger partial charge in [0.2, 0.25) is 5.88 Å². The fraction of sp³-hybridized carbons (Fsp3) is 0.286. The van der Waals surface area contributed by atoms with Gasteiger partial charge in [-0.05, 0) is 43.5 Å². The number of ether oxygens (including phenoxy) is 3. The molecule has 1 fully saturated rings. The lowest BCUT2D eigenvalue weighted by atomic mass is 9.97. The summed E-state index contributed by atoms with van der Waals surface area (Å²) in [6.07, 6.45) is 0. The molecule has 0 spiro atoms. The molecule has 0 atom stereocenters. The number of carbonyl (C=O) groups excluding carboxylic acids is 1. The van der Waals surface area contributed by atoms with E-state index in [1.165, 1.54) is 18.4 Å². The number of pyridine rings is 1. The predicted octanol–water partition coefficient (Wildman–Crippen LogP) is 5.16. The number of aryl methyl sites for hydroxylation is 2. The normalized spacial score (nSPS) is 13.3. The van der Waals surface area contributed by atoms with E-state index in [4.69, 9.17) is 23.7 Å². The standard InChI is InChI=1S/C28H26N4O5S/c1-17-26(18(2)37-31-17)22-14-24(19-4-6-20(7-5-19)32-9-11-35-12-10-32)30-27(23(22)15-29)36-16-25-21(8-13-38-25)28(33)34-3/h4-8,13-14H,9-12,16H2,1-3H3. The SMILES string of the molecule is COC(=O)c1ccsc1COc1nc(-c2ccc(N3CCOCC3)cc2)cc(-c2c(C)noc2C)c1C#N. The van der Waals surface area contributed by atoms with Crippen molar-refractivity contribution < 1.29 is 23.5 Å². The molecule has 1 aliphatic rings. The van der Waals surface area contributed by atoms with E-state index >= 15 is 0 Å². The average Bonchev–Trinajstić information content (AvgIpc) is 3.57. The van der Waals surface area contributed by atoms with Crippen LogP contribution in [0.15, 0.2) is 46.3 Å². The minimum atomic E-state index is -0.441.